The Labute approximate surface area is 144 Å². The second-order valence-corrected chi connectivity index (χ2v) is 6.30. The Kier molecular flexibility index (Phi) is 5.70. The van der Waals surface area contributed by atoms with E-state index in [0.29, 0.717) is 5.92 Å². The van der Waals surface area contributed by atoms with Crippen molar-refractivity contribution in [2.75, 3.05) is 33.4 Å². The van der Waals surface area contributed by atoms with Gasteiger partial charge in [-0.1, -0.05) is 42.5 Å². The predicted octanol–water partition coefficient (Wildman–Crippen LogP) is 3.27. The molecule has 1 atom stereocenters. The van der Waals surface area contributed by atoms with Crippen LogP contribution in [0.15, 0.2) is 47.5 Å². The summed E-state index contributed by atoms with van der Waals surface area (Å²) in [7, 11) is 1.86. The zero-order valence-corrected chi connectivity index (χ0v) is 14.7. The molecule has 0 radical (unpaired) electrons. The zero-order chi connectivity index (χ0) is 16.8. The third-order valence-corrected chi connectivity index (χ3v) is 4.67. The molecule has 1 N–H and O–H groups in total. The van der Waals surface area contributed by atoms with Crippen LogP contribution >= 0.6 is 0 Å². The lowest BCUT2D eigenvalue weighted by molar-refractivity contribution is 0.114. The highest BCUT2D eigenvalue weighted by atomic mass is 16.5. The van der Waals surface area contributed by atoms with Crippen LogP contribution in [0.2, 0.25) is 0 Å². The molecule has 2 aromatic rings. The Bertz CT molecular complexity index is 693. The van der Waals surface area contributed by atoms with Crippen molar-refractivity contribution in [3.8, 4) is 0 Å². The number of hydrogen-bond acceptors (Lipinski definition) is 2. The lowest BCUT2D eigenvalue weighted by Gasteiger charge is -2.22. The first kappa shape index (κ1) is 16.8. The van der Waals surface area contributed by atoms with Gasteiger partial charge >= 0.3 is 0 Å². The normalized spacial score (nSPS) is 18.3. The minimum atomic E-state index is 0.612. The molecule has 3 rings (SSSR count). The molecule has 4 heteroatoms. The van der Waals surface area contributed by atoms with Gasteiger partial charge in [-0.05, 0) is 29.7 Å². The Morgan fingerprint density at radius 1 is 1.25 bits per heavy atom. The maximum absolute atomic E-state index is 5.57. The summed E-state index contributed by atoms with van der Waals surface area (Å²) in [5.41, 5.74) is 1.30. The van der Waals surface area contributed by atoms with Gasteiger partial charge < -0.3 is 15.0 Å². The van der Waals surface area contributed by atoms with Gasteiger partial charge in [0.15, 0.2) is 5.96 Å². The van der Waals surface area contributed by atoms with E-state index in [1.807, 2.05) is 7.05 Å². The fourth-order valence-corrected chi connectivity index (χ4v) is 3.40. The van der Waals surface area contributed by atoms with Crippen molar-refractivity contribution < 1.29 is 4.74 Å². The summed E-state index contributed by atoms with van der Waals surface area (Å²) in [6, 6.07) is 15.0. The molecule has 0 saturated carbocycles. The van der Waals surface area contributed by atoms with Crippen LogP contribution in [0.25, 0.3) is 10.8 Å². The van der Waals surface area contributed by atoms with Crippen LogP contribution < -0.4 is 5.32 Å². The van der Waals surface area contributed by atoms with Crippen molar-refractivity contribution in [1.82, 2.24) is 10.2 Å². The predicted molar refractivity (Wildman–Crippen MR) is 100 cm³/mol. The van der Waals surface area contributed by atoms with Crippen LogP contribution in [-0.2, 0) is 11.3 Å². The highest BCUT2D eigenvalue weighted by Gasteiger charge is 2.24. The first-order valence-electron chi connectivity index (χ1n) is 8.81. The van der Waals surface area contributed by atoms with E-state index in [-0.39, 0.29) is 0 Å². The summed E-state index contributed by atoms with van der Waals surface area (Å²) in [5, 5.41) is 6.12. The maximum atomic E-state index is 5.57. The molecule has 1 unspecified atom stereocenters. The van der Waals surface area contributed by atoms with E-state index < -0.39 is 0 Å². The molecule has 0 bridgehead atoms. The summed E-state index contributed by atoms with van der Waals surface area (Å²) in [6.45, 7) is 6.57. The fraction of sp³-hybridized carbons (Fsp3) is 0.450. The molecular formula is C20H27N3O. The molecule has 1 heterocycles. The number of aliphatic imine (C=N–C) groups is 1. The third kappa shape index (κ3) is 3.88. The second kappa shape index (κ2) is 8.15. The summed E-state index contributed by atoms with van der Waals surface area (Å²) in [4.78, 5) is 6.81. The number of likely N-dealkylation sites (tertiary alicyclic amines) is 1. The van der Waals surface area contributed by atoms with Crippen LogP contribution in [0.5, 0.6) is 0 Å². The van der Waals surface area contributed by atoms with Gasteiger partial charge in [0, 0.05) is 39.2 Å². The van der Waals surface area contributed by atoms with Gasteiger partial charge in [-0.2, -0.15) is 0 Å². The molecule has 0 spiro atoms. The number of benzene rings is 2. The number of fused-ring (bicyclic) bond motifs is 1. The van der Waals surface area contributed by atoms with Crippen molar-refractivity contribution in [1.29, 1.82) is 0 Å². The van der Waals surface area contributed by atoms with Gasteiger partial charge in [0.1, 0.15) is 0 Å². The number of rotatable bonds is 5. The monoisotopic (exact) mass is 325 g/mol. The SMILES string of the molecule is CCOCC1CCN(C(=NC)NCc2cccc3ccccc23)C1. The van der Waals surface area contributed by atoms with E-state index in [9.17, 15) is 0 Å². The van der Waals surface area contributed by atoms with E-state index in [1.165, 1.54) is 22.8 Å². The lowest BCUT2D eigenvalue weighted by atomic mass is 10.0. The van der Waals surface area contributed by atoms with E-state index in [2.05, 4.69) is 64.6 Å². The molecule has 24 heavy (non-hydrogen) atoms. The van der Waals surface area contributed by atoms with Crippen LogP contribution in [-0.4, -0.2) is 44.2 Å². The molecular weight excluding hydrogens is 298 g/mol. The molecule has 0 aromatic heterocycles. The molecule has 128 valence electrons. The first-order chi connectivity index (χ1) is 11.8. The van der Waals surface area contributed by atoms with Gasteiger partial charge in [0.25, 0.3) is 0 Å². The minimum Gasteiger partial charge on any atom is -0.381 e. The van der Waals surface area contributed by atoms with Gasteiger partial charge in [0.2, 0.25) is 0 Å². The largest absolute Gasteiger partial charge is 0.381 e. The fourth-order valence-electron chi connectivity index (χ4n) is 3.40. The van der Waals surface area contributed by atoms with E-state index in [4.69, 9.17) is 4.74 Å². The number of nitrogens with zero attached hydrogens (tertiary/aromatic N) is 2. The van der Waals surface area contributed by atoms with Gasteiger partial charge in [-0.25, -0.2) is 0 Å². The van der Waals surface area contributed by atoms with Crippen molar-refractivity contribution in [3.63, 3.8) is 0 Å². The van der Waals surface area contributed by atoms with Gasteiger partial charge in [0.05, 0.1) is 6.61 Å². The minimum absolute atomic E-state index is 0.612. The standard InChI is InChI=1S/C20H27N3O/c1-3-24-15-16-11-12-23(14-16)20(21-2)22-13-18-9-6-8-17-7-4-5-10-19(17)18/h4-10,16H,3,11-15H2,1-2H3,(H,21,22). The number of hydrogen-bond donors (Lipinski definition) is 1. The van der Waals surface area contributed by atoms with Crippen molar-refractivity contribution in [2.24, 2.45) is 10.9 Å². The Balaban J connectivity index is 1.62. The van der Waals surface area contributed by atoms with Crippen molar-refractivity contribution >= 4 is 16.7 Å². The van der Waals surface area contributed by atoms with E-state index in [0.717, 1.165) is 38.8 Å². The van der Waals surface area contributed by atoms with E-state index >= 15 is 0 Å². The Morgan fingerprint density at radius 2 is 2.08 bits per heavy atom. The molecule has 1 fully saturated rings. The van der Waals surface area contributed by atoms with Crippen LogP contribution in [0.3, 0.4) is 0 Å². The Hall–Kier alpha value is -2.07. The van der Waals surface area contributed by atoms with Crippen LogP contribution in [0, 0.1) is 5.92 Å². The van der Waals surface area contributed by atoms with Gasteiger partial charge in [-0.15, -0.1) is 0 Å². The van der Waals surface area contributed by atoms with Crippen molar-refractivity contribution in [2.45, 2.75) is 19.9 Å². The zero-order valence-electron chi connectivity index (χ0n) is 14.7. The average molecular weight is 325 g/mol. The lowest BCUT2D eigenvalue weighted by Crippen LogP contribution is -2.39. The number of guanidine groups is 1. The molecule has 1 saturated heterocycles. The first-order valence-corrected chi connectivity index (χ1v) is 8.81. The molecule has 1 aliphatic heterocycles. The summed E-state index contributed by atoms with van der Waals surface area (Å²) >= 11 is 0. The van der Waals surface area contributed by atoms with Gasteiger partial charge in [-0.3, -0.25) is 4.99 Å². The maximum Gasteiger partial charge on any atom is 0.193 e. The number of nitrogens with one attached hydrogen (secondary N) is 1. The summed E-state index contributed by atoms with van der Waals surface area (Å²) < 4.78 is 5.57. The average Bonchev–Trinajstić information content (AvgIpc) is 3.09. The highest BCUT2D eigenvalue weighted by molar-refractivity contribution is 5.86. The number of ether oxygens (including phenoxy) is 1. The summed E-state index contributed by atoms with van der Waals surface area (Å²) in [5.74, 6) is 1.60. The van der Waals surface area contributed by atoms with E-state index in [1.54, 1.807) is 0 Å². The highest BCUT2D eigenvalue weighted by Crippen LogP contribution is 2.19. The molecule has 0 aliphatic carbocycles. The quantitative estimate of drug-likeness (QED) is 0.677. The Morgan fingerprint density at radius 3 is 2.92 bits per heavy atom. The molecule has 4 nitrogen and oxygen atoms in total. The second-order valence-electron chi connectivity index (χ2n) is 6.30. The third-order valence-electron chi connectivity index (χ3n) is 4.67. The molecule has 1 aliphatic rings. The van der Waals surface area contributed by atoms with Crippen LogP contribution in [0.4, 0.5) is 0 Å². The smallest absolute Gasteiger partial charge is 0.193 e. The molecule has 2 aromatic carbocycles. The molecule has 0 amide bonds. The topological polar surface area (TPSA) is 36.9 Å². The van der Waals surface area contributed by atoms with Crippen molar-refractivity contribution in [3.05, 3.63) is 48.0 Å². The summed E-state index contributed by atoms with van der Waals surface area (Å²) in [6.07, 6.45) is 1.18. The van der Waals surface area contributed by atoms with Crippen LogP contribution in [0.1, 0.15) is 18.9 Å².